The van der Waals surface area contributed by atoms with E-state index >= 15 is 0 Å². The fraction of sp³-hybridized carbons (Fsp3) is 0.211. The number of carbonyl (C=O) groups is 1. The first-order valence-electron chi connectivity index (χ1n) is 7.87. The highest BCUT2D eigenvalue weighted by molar-refractivity contribution is 5.90. The van der Waals surface area contributed by atoms with Gasteiger partial charge in [0.1, 0.15) is 0 Å². The molecule has 3 rings (SSSR count). The number of anilines is 1. The van der Waals surface area contributed by atoms with Crippen molar-refractivity contribution in [3.8, 4) is 11.4 Å². The van der Waals surface area contributed by atoms with Crippen molar-refractivity contribution in [2.75, 3.05) is 5.32 Å². The van der Waals surface area contributed by atoms with Gasteiger partial charge in [-0.25, -0.2) is 0 Å². The lowest BCUT2D eigenvalue weighted by Gasteiger charge is -2.06. The number of nitrogens with one attached hydrogen (secondary N) is 1. The van der Waals surface area contributed by atoms with Crippen LogP contribution >= 0.6 is 0 Å². The average molecular weight is 321 g/mol. The maximum Gasteiger partial charge on any atom is 0.227 e. The lowest BCUT2D eigenvalue weighted by atomic mass is 10.1. The van der Waals surface area contributed by atoms with E-state index in [1.807, 2.05) is 62.4 Å². The lowest BCUT2D eigenvalue weighted by molar-refractivity contribution is -0.116. The van der Waals surface area contributed by atoms with Crippen LogP contribution in [0.5, 0.6) is 0 Å². The summed E-state index contributed by atoms with van der Waals surface area (Å²) in [6.45, 7) is 4.06. The first-order valence-corrected chi connectivity index (χ1v) is 7.87. The van der Waals surface area contributed by atoms with Gasteiger partial charge in [0, 0.05) is 24.1 Å². The van der Waals surface area contributed by atoms with Crippen LogP contribution in [-0.4, -0.2) is 16.0 Å². The molecule has 0 aliphatic heterocycles. The van der Waals surface area contributed by atoms with E-state index in [9.17, 15) is 4.79 Å². The van der Waals surface area contributed by atoms with E-state index in [1.54, 1.807) is 0 Å². The Bertz CT molecular complexity index is 841. The van der Waals surface area contributed by atoms with E-state index in [1.165, 1.54) is 5.56 Å². The van der Waals surface area contributed by atoms with Crippen molar-refractivity contribution in [3.05, 3.63) is 65.5 Å². The molecule has 3 aromatic rings. The molecule has 1 amide bonds. The Morgan fingerprint density at radius 2 is 1.88 bits per heavy atom. The summed E-state index contributed by atoms with van der Waals surface area (Å²) in [5.41, 5.74) is 4.05. The molecule has 0 radical (unpaired) electrons. The fourth-order valence-electron chi connectivity index (χ4n) is 2.32. The molecule has 1 heterocycles. The number of carbonyl (C=O) groups excluding carboxylic acids is 1. The van der Waals surface area contributed by atoms with Gasteiger partial charge in [-0.2, -0.15) is 4.98 Å². The van der Waals surface area contributed by atoms with Crippen LogP contribution < -0.4 is 5.32 Å². The van der Waals surface area contributed by atoms with Crippen LogP contribution in [0.25, 0.3) is 11.4 Å². The Morgan fingerprint density at radius 1 is 1.08 bits per heavy atom. The van der Waals surface area contributed by atoms with Crippen molar-refractivity contribution in [1.29, 1.82) is 0 Å². The maximum absolute atomic E-state index is 12.1. The molecule has 5 heteroatoms. The van der Waals surface area contributed by atoms with Crippen LogP contribution in [0.4, 0.5) is 5.69 Å². The molecule has 5 nitrogen and oxygen atoms in total. The number of rotatable bonds is 5. The quantitative estimate of drug-likeness (QED) is 0.773. The molecule has 0 saturated carbocycles. The summed E-state index contributed by atoms with van der Waals surface area (Å²) in [4.78, 5) is 16.4. The topological polar surface area (TPSA) is 68.0 Å². The van der Waals surface area contributed by atoms with Gasteiger partial charge >= 0.3 is 0 Å². The van der Waals surface area contributed by atoms with E-state index in [0.29, 0.717) is 24.6 Å². The van der Waals surface area contributed by atoms with Crippen molar-refractivity contribution in [1.82, 2.24) is 10.1 Å². The summed E-state index contributed by atoms with van der Waals surface area (Å²) in [7, 11) is 0. The summed E-state index contributed by atoms with van der Waals surface area (Å²) in [5.74, 6) is 0.932. The standard InChI is InChI=1S/C19H19N3O2/c1-13-8-9-16(12-14(13)2)20-17(23)10-11-18-21-19(22-24-18)15-6-4-3-5-7-15/h3-9,12H,10-11H2,1-2H3,(H,20,23). The third kappa shape index (κ3) is 3.87. The highest BCUT2D eigenvalue weighted by Gasteiger charge is 2.10. The third-order valence-electron chi connectivity index (χ3n) is 3.86. The highest BCUT2D eigenvalue weighted by Crippen LogP contribution is 2.16. The van der Waals surface area contributed by atoms with Gasteiger partial charge in [0.05, 0.1) is 0 Å². The number of aryl methyl sites for hydroxylation is 3. The van der Waals surface area contributed by atoms with Gasteiger partial charge in [-0.3, -0.25) is 4.79 Å². The molecule has 0 spiro atoms. The summed E-state index contributed by atoms with van der Waals surface area (Å²) < 4.78 is 5.21. The van der Waals surface area contributed by atoms with Gasteiger partial charge in [0.2, 0.25) is 17.6 Å². The van der Waals surface area contributed by atoms with Crippen molar-refractivity contribution in [2.24, 2.45) is 0 Å². The van der Waals surface area contributed by atoms with Crippen LogP contribution in [0.2, 0.25) is 0 Å². The molecule has 0 aliphatic carbocycles. The van der Waals surface area contributed by atoms with Crippen LogP contribution in [0.15, 0.2) is 53.1 Å². The Kier molecular flexibility index (Phi) is 4.70. The normalized spacial score (nSPS) is 10.6. The predicted octanol–water partition coefficient (Wildman–Crippen LogP) is 3.92. The Balaban J connectivity index is 1.56. The SMILES string of the molecule is Cc1ccc(NC(=O)CCc2nc(-c3ccccc3)no2)cc1C. The number of amides is 1. The van der Waals surface area contributed by atoms with Gasteiger partial charge in [0.25, 0.3) is 0 Å². The zero-order valence-electron chi connectivity index (χ0n) is 13.7. The summed E-state index contributed by atoms with van der Waals surface area (Å²) in [6.07, 6.45) is 0.708. The Morgan fingerprint density at radius 3 is 2.62 bits per heavy atom. The van der Waals surface area contributed by atoms with Crippen molar-refractivity contribution in [3.63, 3.8) is 0 Å². The van der Waals surface area contributed by atoms with Gasteiger partial charge < -0.3 is 9.84 Å². The molecular formula is C19H19N3O2. The van der Waals surface area contributed by atoms with E-state index < -0.39 is 0 Å². The van der Waals surface area contributed by atoms with Gasteiger partial charge in [-0.15, -0.1) is 0 Å². The number of aromatic nitrogens is 2. The molecule has 2 aromatic carbocycles. The van der Waals surface area contributed by atoms with E-state index in [0.717, 1.165) is 16.8 Å². The zero-order valence-corrected chi connectivity index (χ0v) is 13.7. The third-order valence-corrected chi connectivity index (χ3v) is 3.86. The van der Waals surface area contributed by atoms with Gasteiger partial charge in [0.15, 0.2) is 0 Å². The number of hydrogen-bond donors (Lipinski definition) is 1. The second kappa shape index (κ2) is 7.08. The largest absolute Gasteiger partial charge is 0.339 e. The Hall–Kier alpha value is -2.95. The molecule has 0 unspecified atom stereocenters. The summed E-state index contributed by atoms with van der Waals surface area (Å²) in [5, 5.41) is 6.84. The average Bonchev–Trinajstić information content (AvgIpc) is 3.06. The molecule has 1 N–H and O–H groups in total. The second-order valence-electron chi connectivity index (χ2n) is 5.72. The smallest absolute Gasteiger partial charge is 0.227 e. The molecule has 24 heavy (non-hydrogen) atoms. The molecular weight excluding hydrogens is 302 g/mol. The lowest BCUT2D eigenvalue weighted by Crippen LogP contribution is -2.12. The molecule has 0 atom stereocenters. The van der Waals surface area contributed by atoms with Crippen LogP contribution in [0.3, 0.4) is 0 Å². The number of hydrogen-bond acceptors (Lipinski definition) is 4. The molecule has 122 valence electrons. The van der Waals surface area contributed by atoms with Crippen molar-refractivity contribution >= 4 is 11.6 Å². The maximum atomic E-state index is 12.1. The van der Waals surface area contributed by atoms with E-state index in [2.05, 4.69) is 15.5 Å². The van der Waals surface area contributed by atoms with Crippen LogP contribution in [0, 0.1) is 13.8 Å². The van der Waals surface area contributed by atoms with Crippen molar-refractivity contribution < 1.29 is 9.32 Å². The van der Waals surface area contributed by atoms with E-state index in [-0.39, 0.29) is 5.91 Å². The number of nitrogens with zero attached hydrogens (tertiary/aromatic N) is 2. The first-order chi connectivity index (χ1) is 11.6. The molecule has 0 aliphatic rings. The number of benzene rings is 2. The van der Waals surface area contributed by atoms with Crippen LogP contribution in [-0.2, 0) is 11.2 Å². The second-order valence-corrected chi connectivity index (χ2v) is 5.72. The minimum Gasteiger partial charge on any atom is -0.339 e. The minimum absolute atomic E-state index is 0.0716. The molecule has 0 bridgehead atoms. The predicted molar refractivity (Wildman–Crippen MR) is 92.6 cm³/mol. The first kappa shape index (κ1) is 15.9. The van der Waals surface area contributed by atoms with Gasteiger partial charge in [-0.05, 0) is 37.1 Å². The van der Waals surface area contributed by atoms with Crippen molar-refractivity contribution in [2.45, 2.75) is 26.7 Å². The fourth-order valence-corrected chi connectivity index (χ4v) is 2.32. The molecule has 1 aromatic heterocycles. The molecule has 0 fully saturated rings. The summed E-state index contributed by atoms with van der Waals surface area (Å²) >= 11 is 0. The van der Waals surface area contributed by atoms with Gasteiger partial charge in [-0.1, -0.05) is 41.6 Å². The highest BCUT2D eigenvalue weighted by atomic mass is 16.5. The minimum atomic E-state index is -0.0716. The molecule has 0 saturated heterocycles. The van der Waals surface area contributed by atoms with E-state index in [4.69, 9.17) is 4.52 Å². The van der Waals surface area contributed by atoms with Crippen LogP contribution in [0.1, 0.15) is 23.4 Å². The Labute approximate surface area is 140 Å². The monoisotopic (exact) mass is 321 g/mol. The zero-order chi connectivity index (χ0) is 16.9. The summed E-state index contributed by atoms with van der Waals surface area (Å²) in [6, 6.07) is 15.5.